The highest BCUT2D eigenvalue weighted by molar-refractivity contribution is 9.10. The van der Waals surface area contributed by atoms with Gasteiger partial charge in [0.1, 0.15) is 0 Å². The molecule has 1 atom stereocenters. The number of rotatable bonds is 3. The van der Waals surface area contributed by atoms with Crippen molar-refractivity contribution in [3.05, 3.63) is 32.8 Å². The molecule has 1 aromatic rings. The molecular formula is C13H18BrN3O4S. The smallest absolute Gasteiger partial charge is 0.271 e. The van der Waals surface area contributed by atoms with Crippen molar-refractivity contribution in [2.45, 2.75) is 31.2 Å². The molecule has 7 nitrogen and oxygen atoms in total. The highest BCUT2D eigenvalue weighted by atomic mass is 79.9. The third-order valence-corrected chi connectivity index (χ3v) is 6.26. The Balaban J connectivity index is 2.41. The number of non-ortho nitro benzene ring substituents is 1. The lowest BCUT2D eigenvalue weighted by Crippen LogP contribution is -2.53. The van der Waals surface area contributed by atoms with Gasteiger partial charge in [0.2, 0.25) is 10.0 Å². The quantitative estimate of drug-likeness (QED) is 0.626. The summed E-state index contributed by atoms with van der Waals surface area (Å²) in [6, 6.07) is 3.66. The average molecular weight is 392 g/mol. The molecule has 0 saturated carbocycles. The van der Waals surface area contributed by atoms with E-state index < -0.39 is 14.9 Å². The van der Waals surface area contributed by atoms with E-state index in [0.717, 1.165) is 6.07 Å². The molecule has 0 spiro atoms. The fraction of sp³-hybridized carbons (Fsp3) is 0.538. The second kappa shape index (κ2) is 5.88. The van der Waals surface area contributed by atoms with E-state index in [0.29, 0.717) is 17.4 Å². The first-order valence-electron chi connectivity index (χ1n) is 6.75. The maximum Gasteiger partial charge on any atom is 0.271 e. The summed E-state index contributed by atoms with van der Waals surface area (Å²) in [6.45, 7) is 4.44. The van der Waals surface area contributed by atoms with Gasteiger partial charge in [0.15, 0.2) is 0 Å². The van der Waals surface area contributed by atoms with Crippen LogP contribution in [0.15, 0.2) is 27.6 Å². The third-order valence-electron chi connectivity index (χ3n) is 3.98. The first kappa shape index (κ1) is 17.3. The summed E-state index contributed by atoms with van der Waals surface area (Å²) >= 11 is 3.12. The third kappa shape index (κ3) is 3.32. The number of hydrogen-bond acceptors (Lipinski definition) is 5. The molecule has 9 heteroatoms. The van der Waals surface area contributed by atoms with E-state index in [1.807, 2.05) is 13.8 Å². The van der Waals surface area contributed by atoms with Gasteiger partial charge in [-0.3, -0.25) is 10.1 Å². The predicted octanol–water partition coefficient (Wildman–Crippen LogP) is 2.11. The molecule has 2 rings (SSSR count). The van der Waals surface area contributed by atoms with Gasteiger partial charge in [-0.05, 0) is 17.9 Å². The van der Waals surface area contributed by atoms with E-state index in [1.165, 1.54) is 16.4 Å². The van der Waals surface area contributed by atoms with Crippen LogP contribution in [0.3, 0.4) is 0 Å². The van der Waals surface area contributed by atoms with Gasteiger partial charge in [0.25, 0.3) is 5.69 Å². The lowest BCUT2D eigenvalue weighted by atomic mass is 9.81. The number of nitro benzene ring substituents is 1. The minimum absolute atomic E-state index is 0.0733. The first-order valence-corrected chi connectivity index (χ1v) is 8.98. The van der Waals surface area contributed by atoms with Crippen molar-refractivity contribution >= 4 is 31.6 Å². The van der Waals surface area contributed by atoms with Gasteiger partial charge in [-0.1, -0.05) is 29.8 Å². The zero-order chi connectivity index (χ0) is 16.7. The van der Waals surface area contributed by atoms with E-state index in [2.05, 4.69) is 15.9 Å². The molecule has 0 bridgehead atoms. The number of hydrogen-bond donors (Lipinski definition) is 1. The minimum atomic E-state index is -3.79. The monoisotopic (exact) mass is 391 g/mol. The highest BCUT2D eigenvalue weighted by Gasteiger charge is 2.39. The fourth-order valence-electron chi connectivity index (χ4n) is 2.48. The molecule has 122 valence electrons. The van der Waals surface area contributed by atoms with E-state index in [9.17, 15) is 18.5 Å². The number of halogens is 1. The summed E-state index contributed by atoms with van der Waals surface area (Å²) < 4.78 is 27.2. The van der Waals surface area contributed by atoms with Crippen LogP contribution in [0.4, 0.5) is 5.69 Å². The largest absolute Gasteiger partial charge is 0.327 e. The SMILES string of the molecule is CC1(C)CN(S(=O)(=O)c2cc(Br)cc([N+](=O)[O-])c2)CCC1N. The molecule has 0 aromatic heterocycles. The van der Waals surface area contributed by atoms with Crippen LogP contribution in [0.2, 0.25) is 0 Å². The van der Waals surface area contributed by atoms with Crippen molar-refractivity contribution in [3.8, 4) is 0 Å². The number of nitrogens with zero attached hydrogens (tertiary/aromatic N) is 2. The number of nitrogens with two attached hydrogens (primary N) is 1. The molecule has 0 aliphatic carbocycles. The molecule has 1 aliphatic heterocycles. The van der Waals surface area contributed by atoms with Crippen molar-refractivity contribution in [2.24, 2.45) is 11.1 Å². The van der Waals surface area contributed by atoms with Crippen molar-refractivity contribution in [1.82, 2.24) is 4.31 Å². The molecule has 0 radical (unpaired) electrons. The van der Waals surface area contributed by atoms with Gasteiger partial charge in [0, 0.05) is 35.7 Å². The van der Waals surface area contributed by atoms with Gasteiger partial charge in [0.05, 0.1) is 9.82 Å². The van der Waals surface area contributed by atoms with E-state index in [4.69, 9.17) is 5.73 Å². The zero-order valence-corrected chi connectivity index (χ0v) is 14.7. The minimum Gasteiger partial charge on any atom is -0.327 e. The lowest BCUT2D eigenvalue weighted by molar-refractivity contribution is -0.385. The van der Waals surface area contributed by atoms with Crippen molar-refractivity contribution in [1.29, 1.82) is 0 Å². The zero-order valence-electron chi connectivity index (χ0n) is 12.3. The number of sulfonamides is 1. The molecule has 1 unspecified atom stereocenters. The maximum atomic E-state index is 12.8. The first-order chi connectivity index (χ1) is 10.0. The maximum absolute atomic E-state index is 12.8. The molecule has 2 N–H and O–H groups in total. The van der Waals surface area contributed by atoms with Crippen LogP contribution < -0.4 is 5.73 Å². The highest BCUT2D eigenvalue weighted by Crippen LogP contribution is 2.33. The lowest BCUT2D eigenvalue weighted by Gasteiger charge is -2.41. The van der Waals surface area contributed by atoms with Gasteiger partial charge >= 0.3 is 0 Å². The Morgan fingerprint density at radius 2 is 2.05 bits per heavy atom. The molecule has 1 heterocycles. The van der Waals surface area contributed by atoms with Gasteiger partial charge in [-0.25, -0.2) is 8.42 Å². The summed E-state index contributed by atoms with van der Waals surface area (Å²) in [6.07, 6.45) is 0.558. The average Bonchev–Trinajstić information content (AvgIpc) is 2.40. The molecule has 1 fully saturated rings. The molecule has 1 saturated heterocycles. The number of benzene rings is 1. The molecule has 1 aliphatic rings. The van der Waals surface area contributed by atoms with Crippen molar-refractivity contribution in [3.63, 3.8) is 0 Å². The Hall–Kier alpha value is -1.03. The van der Waals surface area contributed by atoms with Crippen LogP contribution in [0.25, 0.3) is 0 Å². The van der Waals surface area contributed by atoms with Crippen LogP contribution in [-0.2, 0) is 10.0 Å². The number of nitro groups is 1. The molecule has 22 heavy (non-hydrogen) atoms. The molecule has 0 amide bonds. The van der Waals surface area contributed by atoms with Crippen LogP contribution in [-0.4, -0.2) is 36.8 Å². The summed E-state index contributed by atoms with van der Waals surface area (Å²) in [7, 11) is -3.79. The van der Waals surface area contributed by atoms with Crippen LogP contribution >= 0.6 is 15.9 Å². The fourth-order valence-corrected chi connectivity index (χ4v) is 4.81. The molecule has 1 aromatic carbocycles. The standard InChI is InChI=1S/C13H18BrN3O4S/c1-13(2)8-16(4-3-12(13)15)22(20,21)11-6-9(14)5-10(7-11)17(18)19/h5-7,12H,3-4,8,15H2,1-2H3. The summed E-state index contributed by atoms with van der Waals surface area (Å²) in [5.41, 5.74) is 5.42. The Morgan fingerprint density at radius 3 is 2.59 bits per heavy atom. The Labute approximate surface area is 137 Å². The second-order valence-corrected chi connectivity index (χ2v) is 8.98. The van der Waals surface area contributed by atoms with Crippen molar-refractivity contribution < 1.29 is 13.3 Å². The summed E-state index contributed by atoms with van der Waals surface area (Å²) in [4.78, 5) is 10.2. The topological polar surface area (TPSA) is 107 Å². The van der Waals surface area contributed by atoms with Gasteiger partial charge < -0.3 is 5.73 Å². The Kier molecular flexibility index (Phi) is 4.63. The van der Waals surface area contributed by atoms with Crippen LogP contribution in [0, 0.1) is 15.5 Å². The van der Waals surface area contributed by atoms with Gasteiger partial charge in [-0.15, -0.1) is 0 Å². The van der Waals surface area contributed by atoms with E-state index in [-0.39, 0.29) is 28.6 Å². The van der Waals surface area contributed by atoms with Crippen molar-refractivity contribution in [2.75, 3.05) is 13.1 Å². The molecular weight excluding hydrogens is 374 g/mol. The Bertz CT molecular complexity index is 705. The van der Waals surface area contributed by atoms with Gasteiger partial charge in [-0.2, -0.15) is 4.31 Å². The van der Waals surface area contributed by atoms with E-state index in [1.54, 1.807) is 0 Å². The van der Waals surface area contributed by atoms with Crippen LogP contribution in [0.1, 0.15) is 20.3 Å². The Morgan fingerprint density at radius 1 is 1.41 bits per heavy atom. The second-order valence-electron chi connectivity index (χ2n) is 6.12. The number of piperidine rings is 1. The van der Waals surface area contributed by atoms with Crippen LogP contribution in [0.5, 0.6) is 0 Å². The summed E-state index contributed by atoms with van der Waals surface area (Å²) in [5, 5.41) is 10.9. The van der Waals surface area contributed by atoms with E-state index >= 15 is 0 Å². The normalized spacial score (nSPS) is 22.5. The predicted molar refractivity (Wildman–Crippen MR) is 85.9 cm³/mol. The summed E-state index contributed by atoms with van der Waals surface area (Å²) in [5.74, 6) is 0.